The number of piperazine rings is 2. The van der Waals surface area contributed by atoms with E-state index >= 15 is 0 Å². The maximum atomic E-state index is 13.5. The lowest BCUT2D eigenvalue weighted by Crippen LogP contribution is -2.58. The largest absolute Gasteiger partial charge is 0.495 e. The molecule has 0 bridgehead atoms. The van der Waals surface area contributed by atoms with E-state index in [1.165, 1.54) is 0 Å². The average molecular weight is 1140 g/mol. The number of benzene rings is 4. The number of ether oxygens (including phenoxy) is 1. The van der Waals surface area contributed by atoms with Crippen molar-refractivity contribution in [3.05, 3.63) is 167 Å². The molecule has 10 rings (SSSR count). The summed E-state index contributed by atoms with van der Waals surface area (Å²) in [6.07, 6.45) is 3.16. The van der Waals surface area contributed by atoms with Gasteiger partial charge >= 0.3 is 12.1 Å². The van der Waals surface area contributed by atoms with Crippen molar-refractivity contribution in [2.45, 2.75) is 98.6 Å². The highest BCUT2D eigenvalue weighted by atomic mass is 19.4. The van der Waals surface area contributed by atoms with Gasteiger partial charge in [-0.05, 0) is 75.2 Å². The van der Waals surface area contributed by atoms with Gasteiger partial charge in [0.15, 0.2) is 16.8 Å². The van der Waals surface area contributed by atoms with Crippen molar-refractivity contribution in [1.82, 2.24) is 29.7 Å². The number of carbonyl (C=O) groups excluding carboxylic acids is 2. The van der Waals surface area contributed by atoms with Crippen LogP contribution in [0.3, 0.4) is 0 Å². The van der Waals surface area contributed by atoms with E-state index in [4.69, 9.17) is 39.1 Å². The van der Waals surface area contributed by atoms with Crippen molar-refractivity contribution < 1.29 is 38.8 Å². The van der Waals surface area contributed by atoms with Gasteiger partial charge in [0.05, 0.1) is 31.3 Å². The topological polar surface area (TPSA) is 174 Å². The number of methoxy groups -OCH3 is 1. The second-order valence-electron chi connectivity index (χ2n) is 20.1. The fourth-order valence-electron chi connectivity index (χ4n) is 10.8. The zero-order valence-electron chi connectivity index (χ0n) is 49.1. The number of rotatable bonds is 9. The Labute approximate surface area is 488 Å². The number of carbonyl (C=O) groups is 3. The lowest BCUT2D eigenvalue weighted by atomic mass is 9.99. The summed E-state index contributed by atoms with van der Waals surface area (Å²) in [4.78, 5) is 80.1. The third kappa shape index (κ3) is 13.6. The van der Waals surface area contributed by atoms with Crippen LogP contribution in [0.15, 0.2) is 139 Å². The van der Waals surface area contributed by atoms with E-state index in [-0.39, 0.29) is 41.4 Å². The molecule has 8 aromatic rings. The van der Waals surface area contributed by atoms with Gasteiger partial charge in [0.2, 0.25) is 11.8 Å². The van der Waals surface area contributed by atoms with Gasteiger partial charge in [-0.2, -0.15) is 13.2 Å². The molecule has 0 unspecified atom stereocenters. The molecule has 0 aliphatic carbocycles. The van der Waals surface area contributed by atoms with Gasteiger partial charge in [-0.25, -0.2) is 24.5 Å². The molecule has 19 heteroatoms. The molecule has 6 heterocycles. The Kier molecular flexibility index (Phi) is 19.7. The summed E-state index contributed by atoms with van der Waals surface area (Å²) in [5, 5.41) is 8.65. The van der Waals surface area contributed by atoms with Crippen LogP contribution in [0.2, 0.25) is 0 Å². The number of carboxylic acids is 1. The first kappa shape index (κ1) is 60.5. The molecule has 2 fully saturated rings. The summed E-state index contributed by atoms with van der Waals surface area (Å²) >= 11 is 0. The highest BCUT2D eigenvalue weighted by Gasteiger charge is 2.38. The third-order valence-electron chi connectivity index (χ3n) is 14.6. The van der Waals surface area contributed by atoms with Crippen LogP contribution in [-0.4, -0.2) is 116 Å². The minimum absolute atomic E-state index is 0.0585. The Bertz CT molecular complexity index is 3770. The fraction of sp³-hybridized carbons (Fsp3) is 0.308. The maximum Gasteiger partial charge on any atom is 0.490 e. The highest BCUT2D eigenvalue weighted by Crippen LogP contribution is 2.40. The number of aromatic nitrogens is 4. The number of pyridine rings is 4. The van der Waals surface area contributed by atoms with Crippen LogP contribution in [0, 0.1) is 13.1 Å². The summed E-state index contributed by atoms with van der Waals surface area (Å²) in [6.45, 7) is 31.8. The Morgan fingerprint density at radius 1 is 0.643 bits per heavy atom. The highest BCUT2D eigenvalue weighted by molar-refractivity contribution is 6.00. The average Bonchev–Trinajstić information content (AvgIpc) is 1.47. The lowest BCUT2D eigenvalue weighted by Gasteiger charge is -2.45. The van der Waals surface area contributed by atoms with Crippen molar-refractivity contribution >= 4 is 62.6 Å². The summed E-state index contributed by atoms with van der Waals surface area (Å²) < 4.78 is 43.8. The number of alkyl halides is 3. The Morgan fingerprint density at radius 2 is 1.06 bits per heavy atom. The number of hydrogen-bond acceptors (Lipinski definition) is 10. The number of aliphatic carboxylic acids is 1. The van der Waals surface area contributed by atoms with Gasteiger partial charge < -0.3 is 34.4 Å². The molecule has 4 atom stereocenters. The molecule has 434 valence electrons. The molecule has 2 aliphatic rings. The van der Waals surface area contributed by atoms with Gasteiger partial charge in [-0.15, -0.1) is 0 Å². The summed E-state index contributed by atoms with van der Waals surface area (Å²) in [5.74, 6) is 0.113. The molecule has 2 amide bonds. The number of aromatic amines is 1. The van der Waals surface area contributed by atoms with E-state index in [9.17, 15) is 27.6 Å². The Morgan fingerprint density at radius 3 is 1.46 bits per heavy atom. The molecular weight excluding hydrogens is 1070 g/mol. The van der Waals surface area contributed by atoms with Crippen LogP contribution >= 0.6 is 0 Å². The van der Waals surface area contributed by atoms with Crippen LogP contribution in [0.4, 0.5) is 36.2 Å². The fourth-order valence-corrected chi connectivity index (χ4v) is 10.8. The Balaban J connectivity index is 0.000000210. The van der Waals surface area contributed by atoms with E-state index < -0.39 is 12.1 Å². The summed E-state index contributed by atoms with van der Waals surface area (Å²) in [6, 6.07) is 35.1. The van der Waals surface area contributed by atoms with E-state index in [1.807, 2.05) is 127 Å². The minimum Gasteiger partial charge on any atom is -0.495 e. The second kappa shape index (κ2) is 27.4. The van der Waals surface area contributed by atoms with Crippen molar-refractivity contribution in [2.24, 2.45) is 0 Å². The van der Waals surface area contributed by atoms with Crippen LogP contribution in [0.25, 0.3) is 76.0 Å². The van der Waals surface area contributed by atoms with Gasteiger partial charge in [0.1, 0.15) is 17.4 Å². The van der Waals surface area contributed by atoms with Gasteiger partial charge in [-0.3, -0.25) is 19.4 Å². The molecule has 4 aromatic carbocycles. The molecule has 2 aliphatic heterocycles. The maximum absolute atomic E-state index is 13.5. The summed E-state index contributed by atoms with van der Waals surface area (Å²) in [5.41, 5.74) is 9.69. The van der Waals surface area contributed by atoms with Gasteiger partial charge in [0, 0.05) is 133 Å². The van der Waals surface area contributed by atoms with Gasteiger partial charge in [0.25, 0.3) is 0 Å². The first-order valence-corrected chi connectivity index (χ1v) is 27.4. The molecule has 0 radical (unpaired) electrons. The Hall–Kier alpha value is -9.62. The van der Waals surface area contributed by atoms with Crippen molar-refractivity contribution in [1.29, 1.82) is 0 Å². The standard InChI is InChI=1S/C31H31N5O2.C30H29N5O2.C2HF3O2.C2H6/c1-6-29(37)36-20(2)18-35(19-21(36)3)28-15-12-23(16-33-28)27-17-34-30-25(8-7-9-26(30)31(27)38-5)22-10-13-24(32-4)14-11-22;1-5-28(36)35-19(2)17-34(18-20(35)3)27-14-11-22(15-32-27)26-16-33-29-24(7-6-8-25(29)30(26)37)21-9-12-23(31-4)13-10-21;3-2(4,5)1(6)7;1-2/h7-17,20-21H,6,18-19H2,1-3,5H3;6-16,19-20H,5,17-18H2,1-3H3,(H,33,37);(H,6,7);1-2H3/t20-,21+;19-,20+;;/i;;;1D. The number of para-hydroxylation sites is 2. The van der Waals surface area contributed by atoms with Crippen LogP contribution in [0.1, 0.15) is 69.6 Å². The van der Waals surface area contributed by atoms with Gasteiger partial charge in [-0.1, -0.05) is 100 Å². The number of anilines is 2. The zero-order valence-corrected chi connectivity index (χ0v) is 48.1. The number of halogens is 3. The van der Waals surface area contributed by atoms with Crippen LogP contribution < -0.4 is 20.0 Å². The third-order valence-corrected chi connectivity index (χ3v) is 14.6. The lowest BCUT2D eigenvalue weighted by molar-refractivity contribution is -0.192. The number of H-pyrrole nitrogens is 1. The number of fused-ring (bicyclic) bond motifs is 2. The molecule has 2 N–H and O–H groups in total. The van der Waals surface area contributed by atoms with Crippen molar-refractivity contribution in [2.75, 3.05) is 43.1 Å². The normalized spacial score (nSPS) is 16.8. The minimum atomic E-state index is -5.08. The SMILES string of the molecule is O=C(O)C(F)(F)F.[2H]CC.[C-]#[N+]c1ccc(-c2cccc3c(=O)c(-c4ccc(N5C[C@@H](C)N(C(=O)CC)[C@@H](C)C5)nc4)c[nH]c23)cc1.[C-]#[N+]c1ccc(-c2cccc3c(OC)c(-c4ccc(N5C[C@@H](C)N(C(=O)CC)[C@@H](C)C5)nc4)cnc23)cc1. The molecule has 4 aromatic heterocycles. The summed E-state index contributed by atoms with van der Waals surface area (Å²) in [7, 11) is 1.68. The molecule has 84 heavy (non-hydrogen) atoms. The predicted molar refractivity (Wildman–Crippen MR) is 324 cm³/mol. The number of carboxylic acid groups (broad SMARTS) is 1. The van der Waals surface area contributed by atoms with Crippen LogP contribution in [0.5, 0.6) is 5.75 Å². The molecule has 0 saturated carbocycles. The number of nitrogens with one attached hydrogen (secondary N) is 1. The molecule has 0 spiro atoms. The quantitative estimate of drug-likeness (QED) is 0.132. The van der Waals surface area contributed by atoms with Crippen molar-refractivity contribution in [3.63, 3.8) is 0 Å². The molecular formula is C65H67F3N10O6. The number of amides is 2. The zero-order chi connectivity index (χ0) is 61.7. The molecule has 2 saturated heterocycles. The number of nitrogens with zero attached hydrogens (tertiary/aromatic N) is 9. The van der Waals surface area contributed by atoms with E-state index in [0.717, 1.165) is 98.9 Å². The predicted octanol–water partition coefficient (Wildman–Crippen LogP) is 13.7. The smallest absolute Gasteiger partial charge is 0.490 e. The first-order valence-electron chi connectivity index (χ1n) is 28.1. The van der Waals surface area contributed by atoms with E-state index in [0.29, 0.717) is 42.1 Å². The van der Waals surface area contributed by atoms with E-state index in [1.54, 1.807) is 38.6 Å². The first-order chi connectivity index (χ1) is 40.7. The van der Waals surface area contributed by atoms with Crippen LogP contribution in [-0.2, 0) is 14.4 Å². The molecule has 16 nitrogen and oxygen atoms in total. The second-order valence-corrected chi connectivity index (χ2v) is 20.1. The van der Waals surface area contributed by atoms with Crippen molar-refractivity contribution in [3.8, 4) is 50.3 Å². The van der Waals surface area contributed by atoms with E-state index in [2.05, 4.69) is 63.2 Å². The monoisotopic (exact) mass is 1140 g/mol. The number of hydrogen-bond donors (Lipinski definition) is 2.